The van der Waals surface area contributed by atoms with Gasteiger partial charge >= 0.3 is 0 Å². The summed E-state index contributed by atoms with van der Waals surface area (Å²) in [5.74, 6) is 0.560. The molecule has 3 rings (SSSR count). The summed E-state index contributed by atoms with van der Waals surface area (Å²) >= 11 is 0. The summed E-state index contributed by atoms with van der Waals surface area (Å²) in [6.07, 6.45) is 1.10. The Kier molecular flexibility index (Phi) is 7.39. The molecule has 1 amide bonds. The van der Waals surface area contributed by atoms with Gasteiger partial charge in [-0.3, -0.25) is 9.69 Å². The van der Waals surface area contributed by atoms with Crippen LogP contribution in [-0.2, 0) is 16.0 Å². The van der Waals surface area contributed by atoms with Crippen LogP contribution in [-0.4, -0.2) is 50.8 Å². The van der Waals surface area contributed by atoms with Crippen molar-refractivity contribution in [3.63, 3.8) is 0 Å². The lowest BCUT2D eigenvalue weighted by Gasteiger charge is -2.35. The van der Waals surface area contributed by atoms with Gasteiger partial charge in [-0.1, -0.05) is 24.3 Å². The molecule has 1 N–H and O–H groups in total. The van der Waals surface area contributed by atoms with Gasteiger partial charge in [-0.2, -0.15) is 0 Å². The van der Waals surface area contributed by atoms with Gasteiger partial charge in [-0.25, -0.2) is 4.39 Å². The van der Waals surface area contributed by atoms with Crippen LogP contribution in [0.5, 0.6) is 5.75 Å². The van der Waals surface area contributed by atoms with E-state index in [1.165, 1.54) is 12.1 Å². The smallest absolute Gasteiger partial charge is 0.220 e. The molecule has 1 unspecified atom stereocenters. The summed E-state index contributed by atoms with van der Waals surface area (Å²) in [5.41, 5.74) is 2.10. The molecule has 1 saturated heterocycles. The van der Waals surface area contributed by atoms with Gasteiger partial charge in [0, 0.05) is 26.1 Å². The van der Waals surface area contributed by atoms with Gasteiger partial charge in [0.1, 0.15) is 11.6 Å². The molecular formula is C22H27FN2O3. The average molecular weight is 386 g/mol. The zero-order valence-electron chi connectivity index (χ0n) is 16.2. The lowest BCUT2D eigenvalue weighted by molar-refractivity contribution is -0.121. The molecule has 5 nitrogen and oxygen atoms in total. The number of hydrogen-bond acceptors (Lipinski definition) is 4. The first-order valence-electron chi connectivity index (χ1n) is 9.62. The molecule has 28 heavy (non-hydrogen) atoms. The highest BCUT2D eigenvalue weighted by atomic mass is 19.1. The number of carbonyl (C=O) groups excluding carboxylic acids is 1. The normalized spacial score (nSPS) is 15.8. The third kappa shape index (κ3) is 5.78. The molecule has 0 aliphatic carbocycles. The molecule has 0 spiro atoms. The van der Waals surface area contributed by atoms with Gasteiger partial charge in [0.05, 0.1) is 26.4 Å². The molecule has 6 heteroatoms. The Hall–Kier alpha value is -2.44. The summed E-state index contributed by atoms with van der Waals surface area (Å²) in [5, 5.41) is 3.05. The molecule has 0 bridgehead atoms. The van der Waals surface area contributed by atoms with Crippen LogP contribution in [0.3, 0.4) is 0 Å². The number of carbonyl (C=O) groups is 1. The van der Waals surface area contributed by atoms with E-state index in [2.05, 4.69) is 10.2 Å². The Morgan fingerprint density at radius 1 is 1.14 bits per heavy atom. The van der Waals surface area contributed by atoms with Gasteiger partial charge in [0.15, 0.2) is 0 Å². The van der Waals surface area contributed by atoms with E-state index in [9.17, 15) is 9.18 Å². The molecule has 1 atom stereocenters. The minimum atomic E-state index is -0.256. The highest BCUT2D eigenvalue weighted by Crippen LogP contribution is 2.22. The minimum Gasteiger partial charge on any atom is -0.497 e. The Labute approximate surface area is 165 Å². The molecule has 1 fully saturated rings. The number of hydrogen-bond donors (Lipinski definition) is 1. The number of aryl methyl sites for hydroxylation is 1. The molecule has 2 aromatic rings. The van der Waals surface area contributed by atoms with E-state index in [0.717, 1.165) is 30.0 Å². The number of benzene rings is 2. The van der Waals surface area contributed by atoms with Crippen LogP contribution < -0.4 is 10.1 Å². The van der Waals surface area contributed by atoms with Crippen molar-refractivity contribution >= 4 is 5.91 Å². The van der Waals surface area contributed by atoms with Crippen molar-refractivity contribution in [2.75, 3.05) is 40.0 Å². The SMILES string of the molecule is COc1ccc(CCC(=O)NCC(c2ccc(F)cc2)N2CCOCC2)cc1. The number of halogens is 1. The monoisotopic (exact) mass is 386 g/mol. The number of nitrogens with one attached hydrogen (secondary N) is 1. The van der Waals surface area contributed by atoms with Crippen molar-refractivity contribution in [1.82, 2.24) is 10.2 Å². The van der Waals surface area contributed by atoms with Crippen LogP contribution >= 0.6 is 0 Å². The van der Waals surface area contributed by atoms with Crippen molar-refractivity contribution in [1.29, 1.82) is 0 Å². The first kappa shape index (κ1) is 20.3. The van der Waals surface area contributed by atoms with Crippen molar-refractivity contribution in [3.05, 3.63) is 65.5 Å². The first-order chi connectivity index (χ1) is 13.7. The van der Waals surface area contributed by atoms with Crippen LogP contribution in [0.4, 0.5) is 4.39 Å². The summed E-state index contributed by atoms with van der Waals surface area (Å²) in [7, 11) is 1.63. The fraction of sp³-hybridized carbons (Fsp3) is 0.409. The Morgan fingerprint density at radius 3 is 2.46 bits per heavy atom. The highest BCUT2D eigenvalue weighted by molar-refractivity contribution is 5.76. The number of morpholine rings is 1. The molecule has 2 aromatic carbocycles. The zero-order chi connectivity index (χ0) is 19.8. The fourth-order valence-corrected chi connectivity index (χ4v) is 3.38. The van der Waals surface area contributed by atoms with Crippen LogP contribution in [0, 0.1) is 5.82 Å². The summed E-state index contributed by atoms with van der Waals surface area (Å²) in [6, 6.07) is 14.3. The second-order valence-corrected chi connectivity index (χ2v) is 6.87. The standard InChI is InChI=1S/C22H27FN2O3/c1-27-20-9-2-17(3-10-20)4-11-22(26)24-16-21(25-12-14-28-15-13-25)18-5-7-19(23)8-6-18/h2-3,5-10,21H,4,11-16H2,1H3,(H,24,26). The maximum absolute atomic E-state index is 13.3. The number of amides is 1. The first-order valence-corrected chi connectivity index (χ1v) is 9.62. The van der Waals surface area contributed by atoms with Crippen LogP contribution in [0.25, 0.3) is 0 Å². The van der Waals surface area contributed by atoms with E-state index >= 15 is 0 Å². The van der Waals surface area contributed by atoms with Crippen molar-refractivity contribution < 1.29 is 18.7 Å². The van der Waals surface area contributed by atoms with E-state index < -0.39 is 0 Å². The Morgan fingerprint density at radius 2 is 1.82 bits per heavy atom. The summed E-state index contributed by atoms with van der Waals surface area (Å²) in [4.78, 5) is 14.7. The Bertz CT molecular complexity index is 743. The maximum atomic E-state index is 13.3. The predicted molar refractivity (Wildman–Crippen MR) is 106 cm³/mol. The molecule has 1 heterocycles. The molecule has 1 aliphatic rings. The lowest BCUT2D eigenvalue weighted by atomic mass is 10.0. The van der Waals surface area contributed by atoms with E-state index in [0.29, 0.717) is 32.6 Å². The Balaban J connectivity index is 1.55. The fourth-order valence-electron chi connectivity index (χ4n) is 3.38. The summed E-state index contributed by atoms with van der Waals surface area (Å²) < 4.78 is 23.9. The van der Waals surface area contributed by atoms with Crippen molar-refractivity contribution in [2.24, 2.45) is 0 Å². The number of rotatable bonds is 8. The molecule has 0 aromatic heterocycles. The topological polar surface area (TPSA) is 50.8 Å². The molecule has 1 aliphatic heterocycles. The zero-order valence-corrected chi connectivity index (χ0v) is 16.2. The minimum absolute atomic E-state index is 0.00874. The van der Waals surface area contributed by atoms with Crippen LogP contribution in [0.1, 0.15) is 23.6 Å². The van der Waals surface area contributed by atoms with E-state index in [-0.39, 0.29) is 17.8 Å². The lowest BCUT2D eigenvalue weighted by Crippen LogP contribution is -2.43. The van der Waals surface area contributed by atoms with E-state index in [1.807, 2.05) is 24.3 Å². The largest absolute Gasteiger partial charge is 0.497 e. The third-order valence-corrected chi connectivity index (χ3v) is 5.03. The second kappa shape index (κ2) is 10.2. The highest BCUT2D eigenvalue weighted by Gasteiger charge is 2.23. The third-order valence-electron chi connectivity index (χ3n) is 5.03. The van der Waals surface area contributed by atoms with Crippen LogP contribution in [0.15, 0.2) is 48.5 Å². The quantitative estimate of drug-likeness (QED) is 0.758. The predicted octanol–water partition coefficient (Wildman–Crippen LogP) is 2.96. The van der Waals surface area contributed by atoms with Gasteiger partial charge in [-0.15, -0.1) is 0 Å². The molecule has 150 valence electrons. The second-order valence-electron chi connectivity index (χ2n) is 6.87. The van der Waals surface area contributed by atoms with Gasteiger partial charge in [0.25, 0.3) is 0 Å². The number of ether oxygens (including phenoxy) is 2. The number of methoxy groups -OCH3 is 1. The van der Waals surface area contributed by atoms with E-state index in [1.54, 1.807) is 19.2 Å². The van der Waals surface area contributed by atoms with Crippen molar-refractivity contribution in [3.8, 4) is 5.75 Å². The van der Waals surface area contributed by atoms with Gasteiger partial charge in [-0.05, 0) is 41.8 Å². The van der Waals surface area contributed by atoms with E-state index in [4.69, 9.17) is 9.47 Å². The summed E-state index contributed by atoms with van der Waals surface area (Å²) in [6.45, 7) is 3.42. The van der Waals surface area contributed by atoms with Gasteiger partial charge < -0.3 is 14.8 Å². The van der Waals surface area contributed by atoms with Gasteiger partial charge in [0.2, 0.25) is 5.91 Å². The molecular weight excluding hydrogens is 359 g/mol. The molecule has 0 radical (unpaired) electrons. The molecule has 0 saturated carbocycles. The van der Waals surface area contributed by atoms with Crippen LogP contribution in [0.2, 0.25) is 0 Å². The van der Waals surface area contributed by atoms with Crippen molar-refractivity contribution in [2.45, 2.75) is 18.9 Å². The maximum Gasteiger partial charge on any atom is 0.220 e. The number of nitrogens with zero attached hydrogens (tertiary/aromatic N) is 1. The average Bonchev–Trinajstić information content (AvgIpc) is 2.75.